The molecule has 1 N–H and O–H groups in total. The first-order valence-electron chi connectivity index (χ1n) is 16.0. The maximum absolute atomic E-state index is 5.49. The Morgan fingerprint density at radius 1 is 0.638 bits per heavy atom. The van der Waals surface area contributed by atoms with Gasteiger partial charge in [0, 0.05) is 21.3 Å². The topological polar surface area (TPSA) is 98.1 Å². The van der Waals surface area contributed by atoms with Crippen molar-refractivity contribution in [1.82, 2.24) is 40.4 Å². The van der Waals surface area contributed by atoms with Gasteiger partial charge in [0.25, 0.3) is 0 Å². The summed E-state index contributed by atoms with van der Waals surface area (Å²) in [5.41, 5.74) is 6.26. The van der Waals surface area contributed by atoms with Crippen molar-refractivity contribution in [3.8, 4) is 22.5 Å². The van der Waals surface area contributed by atoms with E-state index in [1.165, 1.54) is 24.8 Å². The number of tetrazole rings is 1. The van der Waals surface area contributed by atoms with Crippen molar-refractivity contribution in [3.05, 3.63) is 121 Å². The SMILES string of the molecule is c1ccc(Sc2nnc(Sc3ccccc3)c3c2nc(C2CCCCC2)n3Cc2ccccc2-c2ccccc2-c2nn[nH]n2)cc1. The van der Waals surface area contributed by atoms with Crippen molar-refractivity contribution in [3.63, 3.8) is 0 Å². The van der Waals surface area contributed by atoms with Gasteiger partial charge in [0.15, 0.2) is 5.03 Å². The Hall–Kier alpha value is -4.80. The van der Waals surface area contributed by atoms with Crippen LogP contribution in [0.2, 0.25) is 0 Å². The molecule has 10 heteroatoms. The van der Waals surface area contributed by atoms with E-state index in [-0.39, 0.29) is 0 Å². The van der Waals surface area contributed by atoms with Crippen LogP contribution >= 0.6 is 23.5 Å². The zero-order valence-corrected chi connectivity index (χ0v) is 27.3. The summed E-state index contributed by atoms with van der Waals surface area (Å²) < 4.78 is 2.44. The van der Waals surface area contributed by atoms with Crippen LogP contribution in [0.15, 0.2) is 129 Å². The molecule has 0 bridgehead atoms. The van der Waals surface area contributed by atoms with Crippen LogP contribution in [-0.4, -0.2) is 40.4 Å². The Bertz CT molecular complexity index is 2110. The van der Waals surface area contributed by atoms with Crippen molar-refractivity contribution in [2.45, 2.75) is 64.4 Å². The second kappa shape index (κ2) is 13.5. The van der Waals surface area contributed by atoms with Crippen LogP contribution in [0.3, 0.4) is 0 Å². The number of hydrogen-bond donors (Lipinski definition) is 1. The molecule has 4 aromatic carbocycles. The third-order valence-electron chi connectivity index (χ3n) is 8.67. The molecule has 1 fully saturated rings. The van der Waals surface area contributed by atoms with E-state index in [2.05, 4.69) is 110 Å². The van der Waals surface area contributed by atoms with Gasteiger partial charge in [-0.25, -0.2) is 4.98 Å². The van der Waals surface area contributed by atoms with Gasteiger partial charge in [-0.1, -0.05) is 128 Å². The molecule has 0 atom stereocenters. The summed E-state index contributed by atoms with van der Waals surface area (Å²) in [6.07, 6.45) is 5.98. The molecule has 0 aliphatic heterocycles. The van der Waals surface area contributed by atoms with Gasteiger partial charge in [-0.05, 0) is 59.0 Å². The molecule has 232 valence electrons. The number of nitrogens with zero attached hydrogens (tertiary/aromatic N) is 7. The Labute approximate surface area is 281 Å². The third-order valence-corrected chi connectivity index (χ3v) is 10.6. The number of aromatic nitrogens is 8. The summed E-state index contributed by atoms with van der Waals surface area (Å²) in [6.45, 7) is 0.641. The monoisotopic (exact) mass is 652 g/mol. The minimum Gasteiger partial charge on any atom is -0.321 e. The van der Waals surface area contributed by atoms with E-state index in [1.54, 1.807) is 23.5 Å². The number of rotatable bonds is 9. The maximum Gasteiger partial charge on any atom is 0.205 e. The summed E-state index contributed by atoms with van der Waals surface area (Å²) in [7, 11) is 0. The van der Waals surface area contributed by atoms with Crippen LogP contribution in [-0.2, 0) is 6.54 Å². The highest BCUT2D eigenvalue weighted by atomic mass is 32.2. The second-order valence-electron chi connectivity index (χ2n) is 11.7. The van der Waals surface area contributed by atoms with Crippen molar-refractivity contribution in [2.75, 3.05) is 0 Å². The second-order valence-corrected chi connectivity index (χ2v) is 13.8. The van der Waals surface area contributed by atoms with Crippen LogP contribution in [0.4, 0.5) is 0 Å². The fraction of sp³-hybridized carbons (Fsp3) is 0.189. The van der Waals surface area contributed by atoms with E-state index >= 15 is 0 Å². The average molecular weight is 653 g/mol. The number of hydrogen-bond acceptors (Lipinski definition) is 8. The minimum absolute atomic E-state index is 0.374. The lowest BCUT2D eigenvalue weighted by molar-refractivity contribution is 0.420. The van der Waals surface area contributed by atoms with E-state index < -0.39 is 0 Å². The molecule has 0 radical (unpaired) electrons. The molecule has 3 aromatic heterocycles. The van der Waals surface area contributed by atoms with E-state index in [0.717, 1.165) is 66.2 Å². The van der Waals surface area contributed by atoms with Gasteiger partial charge in [0.1, 0.15) is 21.9 Å². The van der Waals surface area contributed by atoms with E-state index in [9.17, 15) is 0 Å². The van der Waals surface area contributed by atoms with Gasteiger partial charge in [-0.3, -0.25) is 0 Å². The lowest BCUT2D eigenvalue weighted by atomic mass is 9.88. The highest BCUT2D eigenvalue weighted by molar-refractivity contribution is 8.00. The molecule has 8 nitrogen and oxygen atoms in total. The summed E-state index contributed by atoms with van der Waals surface area (Å²) >= 11 is 3.27. The highest BCUT2D eigenvalue weighted by Crippen LogP contribution is 2.42. The van der Waals surface area contributed by atoms with Crippen LogP contribution in [0.5, 0.6) is 0 Å². The summed E-state index contributed by atoms with van der Waals surface area (Å²) in [5, 5.41) is 26.4. The lowest BCUT2D eigenvalue weighted by Crippen LogP contribution is -2.14. The molecule has 3 heterocycles. The van der Waals surface area contributed by atoms with Gasteiger partial charge in [-0.2, -0.15) is 5.21 Å². The Balaban J connectivity index is 1.32. The molecule has 1 aliphatic carbocycles. The molecule has 7 aromatic rings. The Morgan fingerprint density at radius 2 is 1.26 bits per heavy atom. The normalized spacial score (nSPS) is 13.7. The molecular formula is C37H32N8S2. The predicted molar refractivity (Wildman–Crippen MR) is 186 cm³/mol. The van der Waals surface area contributed by atoms with Crippen LogP contribution in [0.25, 0.3) is 33.5 Å². The van der Waals surface area contributed by atoms with Crippen molar-refractivity contribution in [1.29, 1.82) is 0 Å². The molecule has 0 amide bonds. The third kappa shape index (κ3) is 6.18. The maximum atomic E-state index is 5.49. The zero-order valence-electron chi connectivity index (χ0n) is 25.7. The molecule has 8 rings (SSSR count). The molecule has 1 saturated carbocycles. The minimum atomic E-state index is 0.374. The molecule has 1 aliphatic rings. The lowest BCUT2D eigenvalue weighted by Gasteiger charge is -2.23. The van der Waals surface area contributed by atoms with E-state index in [1.807, 2.05) is 24.3 Å². The highest BCUT2D eigenvalue weighted by Gasteiger charge is 2.28. The van der Waals surface area contributed by atoms with Gasteiger partial charge in [0.05, 0.1) is 6.54 Å². The Kier molecular flexibility index (Phi) is 8.51. The van der Waals surface area contributed by atoms with Crippen molar-refractivity contribution < 1.29 is 0 Å². The van der Waals surface area contributed by atoms with Gasteiger partial charge >= 0.3 is 0 Å². The number of nitrogens with one attached hydrogen (secondary N) is 1. The first kappa shape index (κ1) is 29.6. The first-order chi connectivity index (χ1) is 23.3. The predicted octanol–water partition coefficient (Wildman–Crippen LogP) is 9.07. The van der Waals surface area contributed by atoms with Gasteiger partial charge in [0.2, 0.25) is 5.82 Å². The smallest absolute Gasteiger partial charge is 0.205 e. The zero-order chi connectivity index (χ0) is 31.4. The number of fused-ring (bicyclic) bond motifs is 1. The summed E-state index contributed by atoms with van der Waals surface area (Å²) in [4.78, 5) is 7.72. The summed E-state index contributed by atoms with van der Waals surface area (Å²) in [6, 6.07) is 37.7. The van der Waals surface area contributed by atoms with Gasteiger partial charge < -0.3 is 4.57 Å². The van der Waals surface area contributed by atoms with E-state index in [0.29, 0.717) is 18.3 Å². The molecule has 0 unspecified atom stereocenters. The number of imidazole rings is 1. The first-order valence-corrected chi connectivity index (χ1v) is 17.6. The Morgan fingerprint density at radius 3 is 1.96 bits per heavy atom. The quantitative estimate of drug-likeness (QED) is 0.165. The van der Waals surface area contributed by atoms with Crippen molar-refractivity contribution in [2.24, 2.45) is 0 Å². The number of H-pyrrole nitrogens is 1. The molecular weight excluding hydrogens is 621 g/mol. The standard InChI is InChI=1S/C37H32N8S2/c1-4-14-25(15-5-1)35-38-32-33(37(47-28-19-8-3-9-20-28)42-41-36(32)46-27-17-6-2-7-18-27)45(35)24-26-16-10-11-21-29(26)30-22-12-13-23-31(30)34-39-43-44-40-34/h2-3,6-13,16-23,25H,1,4-5,14-15,24H2,(H,39,40,43,44). The number of benzene rings is 4. The van der Waals surface area contributed by atoms with Crippen molar-refractivity contribution >= 4 is 34.6 Å². The summed E-state index contributed by atoms with van der Waals surface area (Å²) in [5.74, 6) is 2.07. The fourth-order valence-electron chi connectivity index (χ4n) is 6.47. The van der Waals surface area contributed by atoms with Crippen LogP contribution in [0, 0.1) is 0 Å². The van der Waals surface area contributed by atoms with E-state index in [4.69, 9.17) is 15.2 Å². The molecule has 47 heavy (non-hydrogen) atoms. The van der Waals surface area contributed by atoms with Crippen LogP contribution < -0.4 is 0 Å². The molecule has 0 saturated heterocycles. The number of aromatic amines is 1. The average Bonchev–Trinajstić information content (AvgIpc) is 3.81. The van der Waals surface area contributed by atoms with Crippen LogP contribution in [0.1, 0.15) is 49.4 Å². The largest absolute Gasteiger partial charge is 0.321 e. The fourth-order valence-corrected chi connectivity index (χ4v) is 8.21. The van der Waals surface area contributed by atoms with Gasteiger partial charge in [-0.15, -0.1) is 20.4 Å². The molecule has 0 spiro atoms.